The van der Waals surface area contributed by atoms with E-state index in [1.165, 1.54) is 30.4 Å². The minimum absolute atomic E-state index is 0.573. The van der Waals surface area contributed by atoms with E-state index >= 15 is 0 Å². The third-order valence-electron chi connectivity index (χ3n) is 2.04. The lowest BCUT2D eigenvalue weighted by Crippen LogP contribution is -1.89. The molecule has 0 fully saturated rings. The van der Waals surface area contributed by atoms with Crippen LogP contribution in [0.25, 0.3) is 0 Å². The Bertz CT molecular complexity index is 229. The molecule has 0 aromatic carbocycles. The summed E-state index contributed by atoms with van der Waals surface area (Å²) in [5, 5.41) is 4.47. The number of aryl methyl sites for hydroxylation is 1. The number of hydrogen-bond donors (Lipinski definition) is 0. The smallest absolute Gasteiger partial charge is 0.0406 e. The molecule has 0 nitrogen and oxygen atoms in total. The Labute approximate surface area is 87.1 Å². The van der Waals surface area contributed by atoms with Crippen LogP contribution in [0.1, 0.15) is 42.1 Å². The zero-order valence-electron chi connectivity index (χ0n) is 7.64. The van der Waals surface area contributed by atoms with Gasteiger partial charge in [-0.25, -0.2) is 0 Å². The summed E-state index contributed by atoms with van der Waals surface area (Å²) in [5.41, 5.74) is 2.91. The fourth-order valence-corrected chi connectivity index (χ4v) is 3.13. The van der Waals surface area contributed by atoms with Crippen molar-refractivity contribution in [2.75, 3.05) is 0 Å². The molecule has 1 aromatic rings. The highest BCUT2D eigenvalue weighted by Gasteiger charge is 2.09. The Morgan fingerprint density at radius 3 is 2.75 bits per heavy atom. The van der Waals surface area contributed by atoms with Crippen molar-refractivity contribution in [3.8, 4) is 0 Å². The van der Waals surface area contributed by atoms with E-state index in [9.17, 15) is 0 Å². The van der Waals surface area contributed by atoms with Gasteiger partial charge in [0.05, 0.1) is 0 Å². The summed E-state index contributed by atoms with van der Waals surface area (Å²) in [7, 11) is 0. The Morgan fingerprint density at radius 2 is 2.25 bits per heavy atom. The molecular formula is C10H15BrS. The third-order valence-corrected chi connectivity index (χ3v) is 3.87. The van der Waals surface area contributed by atoms with Gasteiger partial charge in [-0.05, 0) is 35.2 Å². The van der Waals surface area contributed by atoms with Gasteiger partial charge in [-0.15, -0.1) is 0 Å². The van der Waals surface area contributed by atoms with Gasteiger partial charge in [0.2, 0.25) is 0 Å². The van der Waals surface area contributed by atoms with Crippen molar-refractivity contribution in [1.29, 1.82) is 0 Å². The number of hydrogen-bond acceptors (Lipinski definition) is 1. The summed E-state index contributed by atoms with van der Waals surface area (Å²) in [5.74, 6) is 0. The third kappa shape index (κ3) is 2.60. The molecule has 0 saturated carbocycles. The lowest BCUT2D eigenvalue weighted by Gasteiger charge is -2.07. The van der Waals surface area contributed by atoms with E-state index < -0.39 is 0 Å². The maximum Gasteiger partial charge on any atom is 0.0406 e. The largest absolute Gasteiger partial charge is 0.152 e. The van der Waals surface area contributed by atoms with Crippen LogP contribution in [0, 0.1) is 6.92 Å². The highest BCUT2D eigenvalue weighted by atomic mass is 79.9. The van der Waals surface area contributed by atoms with Crippen LogP contribution in [0.2, 0.25) is 0 Å². The Morgan fingerprint density at radius 1 is 1.50 bits per heavy atom. The summed E-state index contributed by atoms with van der Waals surface area (Å²) in [6, 6.07) is 0. The van der Waals surface area contributed by atoms with Crippen molar-refractivity contribution >= 4 is 27.3 Å². The maximum absolute atomic E-state index is 3.72. The SMILES string of the molecule is CCCCC(Br)c1cscc1C. The predicted octanol–water partition coefficient (Wildman–Crippen LogP) is 4.68. The Kier molecular flexibility index (Phi) is 4.30. The molecule has 1 aromatic heterocycles. The summed E-state index contributed by atoms with van der Waals surface area (Å²) in [4.78, 5) is 0.573. The van der Waals surface area contributed by atoms with Crippen LogP contribution >= 0.6 is 27.3 Å². The molecule has 1 unspecified atom stereocenters. The van der Waals surface area contributed by atoms with Gasteiger partial charge >= 0.3 is 0 Å². The van der Waals surface area contributed by atoms with Gasteiger partial charge in [0.15, 0.2) is 0 Å². The van der Waals surface area contributed by atoms with Crippen LogP contribution in [-0.4, -0.2) is 0 Å². The molecule has 0 aliphatic carbocycles. The zero-order valence-corrected chi connectivity index (χ0v) is 10.0. The molecule has 1 rings (SSSR count). The van der Waals surface area contributed by atoms with E-state index in [0.717, 1.165) is 0 Å². The minimum Gasteiger partial charge on any atom is -0.152 e. The van der Waals surface area contributed by atoms with E-state index in [1.807, 2.05) is 0 Å². The second-order valence-electron chi connectivity index (χ2n) is 3.12. The topological polar surface area (TPSA) is 0 Å². The fraction of sp³-hybridized carbons (Fsp3) is 0.600. The van der Waals surface area contributed by atoms with Crippen molar-refractivity contribution in [3.05, 3.63) is 21.9 Å². The van der Waals surface area contributed by atoms with Crippen LogP contribution in [-0.2, 0) is 0 Å². The average molecular weight is 247 g/mol. The van der Waals surface area contributed by atoms with E-state index in [1.54, 1.807) is 11.3 Å². The molecule has 0 saturated heterocycles. The minimum atomic E-state index is 0.573. The molecule has 1 atom stereocenters. The monoisotopic (exact) mass is 246 g/mol. The van der Waals surface area contributed by atoms with Crippen LogP contribution in [0.5, 0.6) is 0 Å². The van der Waals surface area contributed by atoms with Gasteiger partial charge in [-0.2, -0.15) is 11.3 Å². The Hall–Kier alpha value is 0.180. The summed E-state index contributed by atoms with van der Waals surface area (Å²) in [6.45, 7) is 4.42. The van der Waals surface area contributed by atoms with Gasteiger partial charge in [0.25, 0.3) is 0 Å². The molecule has 1 heterocycles. The lowest BCUT2D eigenvalue weighted by atomic mass is 10.1. The lowest BCUT2D eigenvalue weighted by molar-refractivity contribution is 0.712. The average Bonchev–Trinajstić information content (AvgIpc) is 2.47. The number of unbranched alkanes of at least 4 members (excludes halogenated alkanes) is 1. The molecule has 0 spiro atoms. The highest BCUT2D eigenvalue weighted by molar-refractivity contribution is 9.09. The van der Waals surface area contributed by atoms with Crippen LogP contribution in [0.15, 0.2) is 10.8 Å². The normalized spacial score (nSPS) is 13.2. The summed E-state index contributed by atoms with van der Waals surface area (Å²) >= 11 is 5.52. The highest BCUT2D eigenvalue weighted by Crippen LogP contribution is 2.32. The quantitative estimate of drug-likeness (QED) is 0.677. The molecular weight excluding hydrogens is 232 g/mol. The van der Waals surface area contributed by atoms with Gasteiger partial charge in [0, 0.05) is 4.83 Å². The maximum atomic E-state index is 3.72. The molecule has 0 radical (unpaired) electrons. The molecule has 0 bridgehead atoms. The predicted molar refractivity (Wildman–Crippen MR) is 60.2 cm³/mol. The van der Waals surface area contributed by atoms with E-state index in [4.69, 9.17) is 0 Å². The molecule has 0 aliphatic rings. The number of alkyl halides is 1. The van der Waals surface area contributed by atoms with E-state index in [0.29, 0.717) is 4.83 Å². The molecule has 0 aliphatic heterocycles. The standard InChI is InChI=1S/C10H15BrS/c1-3-4-5-10(11)9-7-12-6-8(9)2/h6-7,10H,3-5H2,1-2H3. The second-order valence-corrected chi connectivity index (χ2v) is 4.97. The van der Waals surface area contributed by atoms with Gasteiger partial charge in [-0.3, -0.25) is 0 Å². The van der Waals surface area contributed by atoms with Crippen LogP contribution < -0.4 is 0 Å². The fourth-order valence-electron chi connectivity index (χ4n) is 1.23. The van der Waals surface area contributed by atoms with Crippen LogP contribution in [0.3, 0.4) is 0 Å². The number of rotatable bonds is 4. The first-order valence-electron chi connectivity index (χ1n) is 4.42. The molecule has 0 N–H and O–H groups in total. The summed E-state index contributed by atoms with van der Waals surface area (Å²) < 4.78 is 0. The molecule has 2 heteroatoms. The Balaban J connectivity index is 2.52. The van der Waals surface area contributed by atoms with Crippen molar-refractivity contribution < 1.29 is 0 Å². The van der Waals surface area contributed by atoms with Gasteiger partial charge in [0.1, 0.15) is 0 Å². The van der Waals surface area contributed by atoms with Gasteiger partial charge in [-0.1, -0.05) is 35.7 Å². The molecule has 0 amide bonds. The first-order valence-corrected chi connectivity index (χ1v) is 6.28. The summed E-state index contributed by atoms with van der Waals surface area (Å²) in [6.07, 6.45) is 3.85. The van der Waals surface area contributed by atoms with Gasteiger partial charge < -0.3 is 0 Å². The van der Waals surface area contributed by atoms with Crippen molar-refractivity contribution in [3.63, 3.8) is 0 Å². The molecule has 68 valence electrons. The first kappa shape index (κ1) is 10.3. The van der Waals surface area contributed by atoms with Crippen molar-refractivity contribution in [1.82, 2.24) is 0 Å². The zero-order chi connectivity index (χ0) is 8.97. The number of thiophene rings is 1. The van der Waals surface area contributed by atoms with Crippen molar-refractivity contribution in [2.24, 2.45) is 0 Å². The molecule has 12 heavy (non-hydrogen) atoms. The van der Waals surface area contributed by atoms with Crippen molar-refractivity contribution in [2.45, 2.75) is 37.9 Å². The first-order chi connectivity index (χ1) is 5.75. The van der Waals surface area contributed by atoms with Crippen LogP contribution in [0.4, 0.5) is 0 Å². The van der Waals surface area contributed by atoms with E-state index in [2.05, 4.69) is 40.5 Å². The number of halogens is 1. The van der Waals surface area contributed by atoms with E-state index in [-0.39, 0.29) is 0 Å². The second kappa shape index (κ2) is 5.03.